The first-order valence-electron chi connectivity index (χ1n) is 10.0. The van der Waals surface area contributed by atoms with Crippen LogP contribution >= 0.6 is 11.8 Å². The first-order valence-corrected chi connectivity index (χ1v) is 10.9. The third kappa shape index (κ3) is 5.38. The van der Waals surface area contributed by atoms with Crippen LogP contribution in [0.15, 0.2) is 78.0 Å². The van der Waals surface area contributed by atoms with Crippen molar-refractivity contribution in [2.75, 3.05) is 11.9 Å². The number of aromatic amines is 1. The SMILES string of the molecule is CCOc1ccc2nc(SC(C)C(=O)Nc3ccc(Oc4ccccc4)cc3)[nH]c2c1. The lowest BCUT2D eigenvalue weighted by atomic mass is 10.3. The molecule has 4 rings (SSSR count). The van der Waals surface area contributed by atoms with Crippen molar-refractivity contribution in [3.63, 3.8) is 0 Å². The van der Waals surface area contributed by atoms with Crippen molar-refractivity contribution >= 4 is 34.4 Å². The number of thioether (sulfide) groups is 1. The monoisotopic (exact) mass is 433 g/mol. The van der Waals surface area contributed by atoms with Crippen LogP contribution in [0.4, 0.5) is 5.69 Å². The van der Waals surface area contributed by atoms with Gasteiger partial charge in [-0.05, 0) is 62.4 Å². The highest BCUT2D eigenvalue weighted by Gasteiger charge is 2.17. The van der Waals surface area contributed by atoms with Crippen LogP contribution in [0.1, 0.15) is 13.8 Å². The fraction of sp³-hybridized carbons (Fsp3) is 0.167. The molecule has 0 aliphatic heterocycles. The lowest BCUT2D eigenvalue weighted by molar-refractivity contribution is -0.115. The van der Waals surface area contributed by atoms with E-state index in [0.29, 0.717) is 23.2 Å². The Morgan fingerprint density at radius 1 is 1.03 bits per heavy atom. The molecule has 0 saturated carbocycles. The topological polar surface area (TPSA) is 76.2 Å². The van der Waals surface area contributed by atoms with Gasteiger partial charge in [0, 0.05) is 11.8 Å². The molecule has 0 aliphatic rings. The lowest BCUT2D eigenvalue weighted by Crippen LogP contribution is -2.22. The number of amides is 1. The maximum Gasteiger partial charge on any atom is 0.237 e. The van der Waals surface area contributed by atoms with Gasteiger partial charge in [-0.25, -0.2) is 4.98 Å². The van der Waals surface area contributed by atoms with Gasteiger partial charge in [-0.1, -0.05) is 30.0 Å². The van der Waals surface area contributed by atoms with Crippen molar-refractivity contribution in [3.8, 4) is 17.2 Å². The number of imidazole rings is 1. The summed E-state index contributed by atoms with van der Waals surface area (Å²) in [6.45, 7) is 4.41. The Bertz CT molecular complexity index is 1160. The van der Waals surface area contributed by atoms with E-state index >= 15 is 0 Å². The molecular weight excluding hydrogens is 410 g/mol. The van der Waals surface area contributed by atoms with E-state index in [2.05, 4.69) is 15.3 Å². The number of ether oxygens (including phenoxy) is 2. The number of para-hydroxylation sites is 1. The molecule has 1 unspecified atom stereocenters. The molecular formula is C24H23N3O3S. The van der Waals surface area contributed by atoms with Gasteiger partial charge in [-0.15, -0.1) is 0 Å². The van der Waals surface area contributed by atoms with Gasteiger partial charge in [0.1, 0.15) is 17.2 Å². The minimum absolute atomic E-state index is 0.0998. The normalized spacial score (nSPS) is 11.8. The van der Waals surface area contributed by atoms with Gasteiger partial charge in [0.05, 0.1) is 22.9 Å². The number of H-pyrrole nitrogens is 1. The molecule has 0 aliphatic carbocycles. The smallest absolute Gasteiger partial charge is 0.237 e. The predicted octanol–water partition coefficient (Wildman–Crippen LogP) is 5.87. The Morgan fingerprint density at radius 3 is 2.48 bits per heavy atom. The number of hydrogen-bond acceptors (Lipinski definition) is 5. The van der Waals surface area contributed by atoms with Crippen molar-refractivity contribution in [3.05, 3.63) is 72.8 Å². The average Bonchev–Trinajstić information content (AvgIpc) is 3.17. The van der Waals surface area contributed by atoms with Gasteiger partial charge in [0.15, 0.2) is 5.16 Å². The fourth-order valence-corrected chi connectivity index (χ4v) is 3.79. The summed E-state index contributed by atoms with van der Waals surface area (Å²) in [5.74, 6) is 2.17. The van der Waals surface area contributed by atoms with Gasteiger partial charge in [0.2, 0.25) is 5.91 Å². The van der Waals surface area contributed by atoms with E-state index < -0.39 is 0 Å². The van der Waals surface area contributed by atoms with Crippen LogP contribution in [0.3, 0.4) is 0 Å². The summed E-state index contributed by atoms with van der Waals surface area (Å²) in [5.41, 5.74) is 2.44. The highest BCUT2D eigenvalue weighted by molar-refractivity contribution is 8.00. The molecule has 1 heterocycles. The van der Waals surface area contributed by atoms with E-state index in [-0.39, 0.29) is 11.2 Å². The van der Waals surface area contributed by atoms with E-state index in [0.717, 1.165) is 22.5 Å². The number of nitrogens with zero attached hydrogens (tertiary/aromatic N) is 1. The molecule has 0 fully saturated rings. The first kappa shape index (κ1) is 20.8. The quantitative estimate of drug-likeness (QED) is 0.340. The highest BCUT2D eigenvalue weighted by atomic mass is 32.2. The summed E-state index contributed by atoms with van der Waals surface area (Å²) in [6.07, 6.45) is 0. The fourth-order valence-electron chi connectivity index (χ4n) is 2.97. The van der Waals surface area contributed by atoms with E-state index in [9.17, 15) is 4.79 Å². The molecule has 0 spiro atoms. The Hall–Kier alpha value is -3.45. The molecule has 31 heavy (non-hydrogen) atoms. The summed E-state index contributed by atoms with van der Waals surface area (Å²) in [7, 11) is 0. The molecule has 158 valence electrons. The van der Waals surface area contributed by atoms with E-state index in [1.807, 2.05) is 86.6 Å². The van der Waals surface area contributed by atoms with Crippen LogP contribution in [0.5, 0.6) is 17.2 Å². The van der Waals surface area contributed by atoms with E-state index in [4.69, 9.17) is 9.47 Å². The Labute approximate surface area is 185 Å². The van der Waals surface area contributed by atoms with E-state index in [1.165, 1.54) is 11.8 Å². The number of rotatable bonds is 8. The van der Waals surface area contributed by atoms with Crippen LogP contribution in [-0.4, -0.2) is 27.7 Å². The summed E-state index contributed by atoms with van der Waals surface area (Å²) in [6, 6.07) is 22.6. The maximum absolute atomic E-state index is 12.6. The molecule has 4 aromatic rings. The molecule has 0 radical (unpaired) electrons. The molecule has 2 N–H and O–H groups in total. The summed E-state index contributed by atoms with van der Waals surface area (Å²) < 4.78 is 11.3. The second-order valence-corrected chi connectivity index (χ2v) is 8.17. The van der Waals surface area contributed by atoms with Crippen molar-refractivity contribution in [1.29, 1.82) is 0 Å². The number of nitrogens with one attached hydrogen (secondary N) is 2. The molecule has 1 aromatic heterocycles. The van der Waals surface area contributed by atoms with Crippen molar-refractivity contribution in [2.24, 2.45) is 0 Å². The minimum atomic E-state index is -0.327. The summed E-state index contributed by atoms with van der Waals surface area (Å²) in [5, 5.41) is 3.30. The number of aromatic nitrogens is 2. The number of carbonyl (C=O) groups excluding carboxylic acids is 1. The van der Waals surface area contributed by atoms with Gasteiger partial charge in [-0.3, -0.25) is 4.79 Å². The minimum Gasteiger partial charge on any atom is -0.494 e. The standard InChI is InChI=1S/C24H23N3O3S/c1-3-29-20-13-14-21-22(15-20)27-24(26-21)31-16(2)23(28)25-17-9-11-19(12-10-17)30-18-7-5-4-6-8-18/h4-16H,3H2,1-2H3,(H,25,28)(H,26,27). The van der Waals surface area contributed by atoms with Crippen molar-refractivity contribution in [1.82, 2.24) is 9.97 Å². The van der Waals surface area contributed by atoms with Crippen molar-refractivity contribution in [2.45, 2.75) is 24.3 Å². The Kier molecular flexibility index (Phi) is 6.43. The Morgan fingerprint density at radius 2 is 1.74 bits per heavy atom. The first-order chi connectivity index (χ1) is 15.1. The second-order valence-electron chi connectivity index (χ2n) is 6.84. The van der Waals surface area contributed by atoms with Gasteiger partial charge in [-0.2, -0.15) is 0 Å². The van der Waals surface area contributed by atoms with Gasteiger partial charge >= 0.3 is 0 Å². The summed E-state index contributed by atoms with van der Waals surface area (Å²) in [4.78, 5) is 20.4. The molecule has 6 nitrogen and oxygen atoms in total. The molecule has 1 amide bonds. The predicted molar refractivity (Wildman–Crippen MR) is 124 cm³/mol. The number of anilines is 1. The maximum atomic E-state index is 12.6. The number of carbonyl (C=O) groups is 1. The van der Waals surface area contributed by atoms with E-state index in [1.54, 1.807) is 0 Å². The highest BCUT2D eigenvalue weighted by Crippen LogP contribution is 2.27. The van der Waals surface area contributed by atoms with Crippen LogP contribution in [0.2, 0.25) is 0 Å². The van der Waals surface area contributed by atoms with Crippen molar-refractivity contribution < 1.29 is 14.3 Å². The lowest BCUT2D eigenvalue weighted by Gasteiger charge is -2.11. The van der Waals surface area contributed by atoms with Gasteiger partial charge < -0.3 is 19.8 Å². The number of fused-ring (bicyclic) bond motifs is 1. The van der Waals surface area contributed by atoms with Crippen LogP contribution in [-0.2, 0) is 4.79 Å². The third-order valence-electron chi connectivity index (χ3n) is 4.50. The number of benzene rings is 3. The average molecular weight is 434 g/mol. The van der Waals surface area contributed by atoms with Gasteiger partial charge in [0.25, 0.3) is 0 Å². The molecule has 7 heteroatoms. The summed E-state index contributed by atoms with van der Waals surface area (Å²) >= 11 is 1.38. The zero-order valence-corrected chi connectivity index (χ0v) is 18.1. The zero-order valence-electron chi connectivity index (χ0n) is 17.3. The second kappa shape index (κ2) is 9.57. The van der Waals surface area contributed by atoms with Crippen LogP contribution < -0.4 is 14.8 Å². The third-order valence-corrected chi connectivity index (χ3v) is 5.49. The largest absolute Gasteiger partial charge is 0.494 e. The van der Waals surface area contributed by atoms with Crippen LogP contribution in [0, 0.1) is 0 Å². The zero-order chi connectivity index (χ0) is 21.6. The Balaban J connectivity index is 1.35. The molecule has 0 bridgehead atoms. The molecule has 3 aromatic carbocycles. The molecule has 0 saturated heterocycles. The molecule has 1 atom stereocenters. The van der Waals surface area contributed by atoms with Crippen LogP contribution in [0.25, 0.3) is 11.0 Å². The number of hydrogen-bond donors (Lipinski definition) is 2.